The van der Waals surface area contributed by atoms with Gasteiger partial charge in [0, 0.05) is 23.6 Å². The minimum Gasteiger partial charge on any atom is -0.497 e. The van der Waals surface area contributed by atoms with Crippen LogP contribution in [-0.2, 0) is 22.3 Å². The van der Waals surface area contributed by atoms with Crippen molar-refractivity contribution in [3.05, 3.63) is 76.7 Å². The molecule has 0 saturated heterocycles. The smallest absolute Gasteiger partial charge is 0.266 e. The van der Waals surface area contributed by atoms with Crippen LogP contribution < -0.4 is 15.0 Å². The van der Waals surface area contributed by atoms with Crippen molar-refractivity contribution in [3.8, 4) is 17.0 Å². The Labute approximate surface area is 178 Å². The highest BCUT2D eigenvalue weighted by molar-refractivity contribution is 7.88. The number of benzene rings is 2. The summed E-state index contributed by atoms with van der Waals surface area (Å²) in [6.45, 7) is 0.0959. The van der Waals surface area contributed by atoms with Gasteiger partial charge in [0.1, 0.15) is 17.2 Å². The highest BCUT2D eigenvalue weighted by atomic mass is 32.2. The van der Waals surface area contributed by atoms with Crippen molar-refractivity contribution in [1.82, 2.24) is 19.7 Å². The van der Waals surface area contributed by atoms with Gasteiger partial charge in [0.25, 0.3) is 5.56 Å². The lowest BCUT2D eigenvalue weighted by Gasteiger charge is -2.09. The van der Waals surface area contributed by atoms with E-state index in [0.717, 1.165) is 5.56 Å². The average Bonchev–Trinajstić information content (AvgIpc) is 3.17. The molecule has 9 nitrogen and oxygen atoms in total. The highest BCUT2D eigenvalue weighted by Gasteiger charge is 2.17. The second-order valence-corrected chi connectivity index (χ2v) is 8.59. The molecule has 0 saturated carbocycles. The maximum atomic E-state index is 12.5. The zero-order valence-corrected chi connectivity index (χ0v) is 17.5. The summed E-state index contributed by atoms with van der Waals surface area (Å²) in [6, 6.07) is 17.4. The van der Waals surface area contributed by atoms with Crippen molar-refractivity contribution in [2.45, 2.75) is 12.3 Å². The quantitative estimate of drug-likeness (QED) is 0.446. The third-order valence-electron chi connectivity index (χ3n) is 4.68. The van der Waals surface area contributed by atoms with Crippen molar-refractivity contribution in [2.75, 3.05) is 13.7 Å². The van der Waals surface area contributed by atoms with Gasteiger partial charge in [0.2, 0.25) is 10.0 Å². The number of rotatable bonds is 8. The van der Waals surface area contributed by atoms with E-state index < -0.39 is 10.0 Å². The van der Waals surface area contributed by atoms with Gasteiger partial charge in [-0.3, -0.25) is 4.79 Å². The fourth-order valence-corrected chi connectivity index (χ4v) is 4.18. The summed E-state index contributed by atoms with van der Waals surface area (Å²) < 4.78 is 38.9. The van der Waals surface area contributed by atoms with Gasteiger partial charge in [-0.25, -0.2) is 17.8 Å². The first-order chi connectivity index (χ1) is 14.9. The van der Waals surface area contributed by atoms with Crippen molar-refractivity contribution >= 4 is 21.0 Å². The molecular formula is C21H20N4O5S. The summed E-state index contributed by atoms with van der Waals surface area (Å²) >= 11 is 0. The Kier molecular flexibility index (Phi) is 5.83. The lowest BCUT2D eigenvalue weighted by molar-refractivity contribution is 0.415. The molecule has 160 valence electrons. The van der Waals surface area contributed by atoms with Crippen molar-refractivity contribution in [2.24, 2.45) is 0 Å². The molecular weight excluding hydrogens is 420 g/mol. The van der Waals surface area contributed by atoms with E-state index >= 15 is 0 Å². The number of hydrogen-bond acceptors (Lipinski definition) is 7. The van der Waals surface area contributed by atoms with E-state index in [1.807, 2.05) is 12.1 Å². The van der Waals surface area contributed by atoms with Gasteiger partial charge in [-0.1, -0.05) is 17.3 Å². The van der Waals surface area contributed by atoms with Crippen LogP contribution in [0.1, 0.15) is 5.69 Å². The maximum Gasteiger partial charge on any atom is 0.266 e. The van der Waals surface area contributed by atoms with E-state index in [9.17, 15) is 13.2 Å². The van der Waals surface area contributed by atoms with E-state index in [0.29, 0.717) is 28.1 Å². The molecule has 0 aliphatic rings. The average molecular weight is 440 g/mol. The van der Waals surface area contributed by atoms with Crippen LogP contribution in [0.4, 0.5) is 0 Å². The van der Waals surface area contributed by atoms with Crippen LogP contribution in [0.2, 0.25) is 0 Å². The number of ether oxygens (including phenoxy) is 1. The molecule has 2 aromatic heterocycles. The molecule has 10 heteroatoms. The molecule has 31 heavy (non-hydrogen) atoms. The lowest BCUT2D eigenvalue weighted by atomic mass is 10.1. The number of fused-ring (bicyclic) bond motifs is 1. The first kappa shape index (κ1) is 20.8. The molecule has 4 rings (SSSR count). The van der Waals surface area contributed by atoms with Gasteiger partial charge in [-0.2, -0.15) is 5.10 Å². The number of sulfonamides is 1. The number of hydrogen-bond donors (Lipinski definition) is 1. The molecule has 0 aliphatic heterocycles. The van der Waals surface area contributed by atoms with E-state index in [2.05, 4.69) is 15.0 Å². The third kappa shape index (κ3) is 4.81. The summed E-state index contributed by atoms with van der Waals surface area (Å²) in [5.41, 5.74) is 1.95. The number of nitrogens with one attached hydrogen (secondary N) is 1. The summed E-state index contributed by atoms with van der Waals surface area (Å²) in [6.07, 6.45) is 0. The maximum absolute atomic E-state index is 12.5. The Morgan fingerprint density at radius 2 is 1.84 bits per heavy atom. The van der Waals surface area contributed by atoms with E-state index in [1.165, 1.54) is 10.7 Å². The molecule has 1 N–H and O–H groups in total. The standard InChI is InChI=1S/C21H20N4O5S/c1-29-16-8-6-15(7-9-16)18-10-11-21(26)25(23-18)13-12-22-31(27,28)14-19-17-4-2-3-5-20(17)30-24-19/h2-11,22H,12-14H2,1H3. The molecule has 0 unspecified atom stereocenters. The molecule has 0 bridgehead atoms. The van der Waals surface area contributed by atoms with Crippen LogP contribution in [0, 0.1) is 0 Å². The minimum atomic E-state index is -3.68. The number of methoxy groups -OCH3 is 1. The van der Waals surface area contributed by atoms with Crippen LogP contribution in [0.5, 0.6) is 5.75 Å². The Morgan fingerprint density at radius 1 is 1.06 bits per heavy atom. The largest absolute Gasteiger partial charge is 0.497 e. The zero-order chi connectivity index (χ0) is 21.8. The predicted octanol–water partition coefficient (Wildman–Crippen LogP) is 2.18. The fourth-order valence-electron chi connectivity index (χ4n) is 3.11. The number of nitrogens with zero attached hydrogens (tertiary/aromatic N) is 3. The molecule has 0 fully saturated rings. The molecule has 2 heterocycles. The molecule has 0 amide bonds. The normalized spacial score (nSPS) is 11.6. The second-order valence-electron chi connectivity index (χ2n) is 6.79. The minimum absolute atomic E-state index is 0.0110. The van der Waals surface area contributed by atoms with Gasteiger partial charge in [0.15, 0.2) is 5.58 Å². The first-order valence-electron chi connectivity index (χ1n) is 9.48. The molecule has 0 radical (unpaired) electrons. The van der Waals surface area contributed by atoms with E-state index in [1.54, 1.807) is 49.6 Å². The number of aromatic nitrogens is 3. The van der Waals surface area contributed by atoms with Crippen molar-refractivity contribution in [1.29, 1.82) is 0 Å². The molecule has 4 aromatic rings. The van der Waals surface area contributed by atoms with E-state index in [-0.39, 0.29) is 24.4 Å². The Hall–Kier alpha value is -3.50. The SMILES string of the molecule is COc1ccc(-c2ccc(=O)n(CCNS(=O)(=O)Cc3noc4ccccc34)n2)cc1. The summed E-state index contributed by atoms with van der Waals surface area (Å²) in [5.74, 6) is 0.393. The summed E-state index contributed by atoms with van der Waals surface area (Å²) in [7, 11) is -2.10. The topological polar surface area (TPSA) is 116 Å². The number of para-hydroxylation sites is 1. The molecule has 0 aliphatic carbocycles. The summed E-state index contributed by atoms with van der Waals surface area (Å²) in [4.78, 5) is 12.1. The Bertz CT molecular complexity index is 1360. The second kappa shape index (κ2) is 8.70. The Morgan fingerprint density at radius 3 is 2.61 bits per heavy atom. The molecule has 0 spiro atoms. The Balaban J connectivity index is 1.43. The van der Waals surface area contributed by atoms with E-state index in [4.69, 9.17) is 9.26 Å². The van der Waals surface area contributed by atoms with Crippen LogP contribution in [-0.4, -0.2) is 37.0 Å². The van der Waals surface area contributed by atoms with Gasteiger partial charge >= 0.3 is 0 Å². The predicted molar refractivity (Wildman–Crippen MR) is 115 cm³/mol. The van der Waals surface area contributed by atoms with Crippen LogP contribution >= 0.6 is 0 Å². The van der Waals surface area contributed by atoms with Crippen LogP contribution in [0.3, 0.4) is 0 Å². The van der Waals surface area contributed by atoms with Crippen LogP contribution in [0.25, 0.3) is 22.2 Å². The van der Waals surface area contributed by atoms with Gasteiger partial charge < -0.3 is 9.26 Å². The zero-order valence-electron chi connectivity index (χ0n) is 16.7. The van der Waals surface area contributed by atoms with Gasteiger partial charge in [-0.15, -0.1) is 0 Å². The lowest BCUT2D eigenvalue weighted by Crippen LogP contribution is -2.32. The van der Waals surface area contributed by atoms with Gasteiger partial charge in [0.05, 0.1) is 19.3 Å². The van der Waals surface area contributed by atoms with Crippen molar-refractivity contribution in [3.63, 3.8) is 0 Å². The highest BCUT2D eigenvalue weighted by Crippen LogP contribution is 2.20. The van der Waals surface area contributed by atoms with Crippen molar-refractivity contribution < 1.29 is 17.7 Å². The first-order valence-corrected chi connectivity index (χ1v) is 11.1. The van der Waals surface area contributed by atoms with Crippen LogP contribution in [0.15, 0.2) is 70.0 Å². The molecule has 0 atom stereocenters. The third-order valence-corrected chi connectivity index (χ3v) is 5.97. The summed E-state index contributed by atoms with van der Waals surface area (Å²) in [5, 5.41) is 8.83. The van der Waals surface area contributed by atoms with Gasteiger partial charge in [-0.05, 0) is 42.5 Å². The molecule has 2 aromatic carbocycles. The monoisotopic (exact) mass is 440 g/mol. The fraction of sp³-hybridized carbons (Fsp3) is 0.190.